The summed E-state index contributed by atoms with van der Waals surface area (Å²) in [7, 11) is 0. The van der Waals surface area contributed by atoms with E-state index in [0.29, 0.717) is 23.4 Å². The zero-order chi connectivity index (χ0) is 15.2. The van der Waals surface area contributed by atoms with Crippen molar-refractivity contribution in [3.05, 3.63) is 29.0 Å². The molecule has 0 aromatic heterocycles. The highest BCUT2D eigenvalue weighted by atomic mass is 35.5. The Labute approximate surface area is 128 Å². The number of carbonyl (C=O) groups is 1. The Morgan fingerprint density at radius 3 is 2.62 bits per heavy atom. The molecule has 1 aliphatic carbocycles. The second kappa shape index (κ2) is 7.61. The van der Waals surface area contributed by atoms with E-state index in [1.54, 1.807) is 0 Å². The number of amides is 2. The van der Waals surface area contributed by atoms with Gasteiger partial charge in [-0.3, -0.25) is 0 Å². The van der Waals surface area contributed by atoms with E-state index in [4.69, 9.17) is 16.7 Å². The van der Waals surface area contributed by atoms with E-state index < -0.39 is 5.82 Å². The summed E-state index contributed by atoms with van der Waals surface area (Å²) in [6, 6.07) is 3.45. The van der Waals surface area contributed by atoms with Gasteiger partial charge in [0.05, 0.1) is 10.7 Å². The van der Waals surface area contributed by atoms with Gasteiger partial charge in [-0.15, -0.1) is 0 Å². The zero-order valence-electron chi connectivity index (χ0n) is 11.7. The van der Waals surface area contributed by atoms with Crippen LogP contribution in [0.1, 0.15) is 25.7 Å². The van der Waals surface area contributed by atoms with Crippen LogP contribution in [0.15, 0.2) is 18.2 Å². The first-order chi connectivity index (χ1) is 10.1. The molecule has 1 aromatic rings. The van der Waals surface area contributed by atoms with Crippen LogP contribution in [0.2, 0.25) is 5.02 Å². The third-order valence-electron chi connectivity index (χ3n) is 3.95. The van der Waals surface area contributed by atoms with Crippen LogP contribution in [0.25, 0.3) is 0 Å². The van der Waals surface area contributed by atoms with Gasteiger partial charge in [0.1, 0.15) is 5.82 Å². The number of urea groups is 1. The Hall–Kier alpha value is -1.33. The maximum Gasteiger partial charge on any atom is 0.319 e. The highest BCUT2D eigenvalue weighted by Gasteiger charge is 2.20. The second-order valence-electron chi connectivity index (χ2n) is 5.53. The van der Waals surface area contributed by atoms with Crippen LogP contribution in [0.4, 0.5) is 14.9 Å². The van der Waals surface area contributed by atoms with Crippen LogP contribution in [0.3, 0.4) is 0 Å². The van der Waals surface area contributed by atoms with E-state index in [1.807, 2.05) is 0 Å². The fraction of sp³-hybridized carbons (Fsp3) is 0.533. The van der Waals surface area contributed by atoms with Gasteiger partial charge in [-0.05, 0) is 55.7 Å². The molecule has 1 fully saturated rings. The number of rotatable bonds is 4. The van der Waals surface area contributed by atoms with Gasteiger partial charge in [-0.25, -0.2) is 9.18 Å². The number of halogens is 2. The molecule has 1 aromatic carbocycles. The van der Waals surface area contributed by atoms with E-state index in [1.165, 1.54) is 18.2 Å². The molecule has 21 heavy (non-hydrogen) atoms. The molecule has 0 aliphatic heterocycles. The van der Waals surface area contributed by atoms with Crippen LogP contribution in [0, 0.1) is 17.7 Å². The summed E-state index contributed by atoms with van der Waals surface area (Å²) < 4.78 is 13.1. The molecule has 3 N–H and O–H groups in total. The average Bonchev–Trinajstić information content (AvgIpc) is 2.49. The Balaban J connectivity index is 1.76. The van der Waals surface area contributed by atoms with Crippen molar-refractivity contribution in [3.63, 3.8) is 0 Å². The summed E-state index contributed by atoms with van der Waals surface area (Å²) in [4.78, 5) is 11.8. The molecular weight excluding hydrogens is 295 g/mol. The number of aliphatic hydroxyl groups excluding tert-OH is 1. The minimum absolute atomic E-state index is 0.249. The van der Waals surface area contributed by atoms with Crippen molar-refractivity contribution < 1.29 is 14.3 Å². The highest BCUT2D eigenvalue weighted by molar-refractivity contribution is 6.33. The van der Waals surface area contributed by atoms with Crippen molar-refractivity contribution in [2.24, 2.45) is 11.8 Å². The summed E-state index contributed by atoms with van der Waals surface area (Å²) in [5, 5.41) is 14.7. The van der Waals surface area contributed by atoms with Gasteiger partial charge in [0, 0.05) is 13.2 Å². The molecule has 2 rings (SSSR count). The lowest BCUT2D eigenvalue weighted by molar-refractivity contribution is 0.166. The highest BCUT2D eigenvalue weighted by Crippen LogP contribution is 2.28. The molecule has 4 nitrogen and oxygen atoms in total. The molecule has 1 aliphatic rings. The van der Waals surface area contributed by atoms with E-state index in [0.717, 1.165) is 25.7 Å². The maximum absolute atomic E-state index is 13.1. The fourth-order valence-electron chi connectivity index (χ4n) is 2.62. The number of anilines is 1. The van der Waals surface area contributed by atoms with Crippen molar-refractivity contribution in [2.45, 2.75) is 25.7 Å². The first kappa shape index (κ1) is 16.0. The first-order valence-corrected chi connectivity index (χ1v) is 7.57. The first-order valence-electron chi connectivity index (χ1n) is 7.19. The standard InChI is InChI=1S/C15H20ClFN2O2/c16-13-6-5-12(17)7-14(13)19-15(21)18-8-10-1-3-11(9-20)4-2-10/h5-7,10-11,20H,1-4,8-9H2,(H2,18,19,21). The van der Waals surface area contributed by atoms with Crippen molar-refractivity contribution >= 4 is 23.3 Å². The number of carbonyl (C=O) groups excluding carboxylic acids is 1. The van der Waals surface area contributed by atoms with Crippen molar-refractivity contribution in [2.75, 3.05) is 18.5 Å². The molecule has 0 unspecified atom stereocenters. The molecule has 0 spiro atoms. The molecule has 0 atom stereocenters. The van der Waals surface area contributed by atoms with Gasteiger partial charge >= 0.3 is 6.03 Å². The summed E-state index contributed by atoms with van der Waals surface area (Å²) in [6.45, 7) is 0.829. The van der Waals surface area contributed by atoms with Gasteiger partial charge in [0.2, 0.25) is 0 Å². The zero-order valence-corrected chi connectivity index (χ0v) is 12.5. The molecular formula is C15H20ClFN2O2. The number of nitrogens with one attached hydrogen (secondary N) is 2. The van der Waals surface area contributed by atoms with Crippen LogP contribution in [-0.2, 0) is 0 Å². The maximum atomic E-state index is 13.1. The smallest absolute Gasteiger partial charge is 0.319 e. The third-order valence-corrected chi connectivity index (χ3v) is 4.28. The molecule has 0 bridgehead atoms. The molecule has 0 heterocycles. The molecule has 0 radical (unpaired) electrons. The monoisotopic (exact) mass is 314 g/mol. The van der Waals surface area contributed by atoms with Crippen molar-refractivity contribution in [1.82, 2.24) is 5.32 Å². The Kier molecular flexibility index (Phi) is 5.82. The predicted molar refractivity (Wildman–Crippen MR) is 81.0 cm³/mol. The normalized spacial score (nSPS) is 21.9. The largest absolute Gasteiger partial charge is 0.396 e. The molecule has 0 saturated heterocycles. The van der Waals surface area contributed by atoms with E-state index in [2.05, 4.69) is 10.6 Å². The second-order valence-corrected chi connectivity index (χ2v) is 5.94. The number of aliphatic hydroxyl groups is 1. The number of hydrogen-bond acceptors (Lipinski definition) is 2. The van der Waals surface area contributed by atoms with Gasteiger partial charge < -0.3 is 15.7 Å². The Morgan fingerprint density at radius 2 is 1.95 bits per heavy atom. The van der Waals surface area contributed by atoms with Crippen LogP contribution < -0.4 is 10.6 Å². The van der Waals surface area contributed by atoms with E-state index in [9.17, 15) is 9.18 Å². The summed E-state index contributed by atoms with van der Waals surface area (Å²) >= 11 is 5.89. The van der Waals surface area contributed by atoms with Gasteiger partial charge in [0.15, 0.2) is 0 Å². The van der Waals surface area contributed by atoms with Crippen LogP contribution >= 0.6 is 11.6 Å². The van der Waals surface area contributed by atoms with Crippen molar-refractivity contribution in [1.29, 1.82) is 0 Å². The number of benzene rings is 1. The lowest BCUT2D eigenvalue weighted by Gasteiger charge is -2.27. The minimum atomic E-state index is -0.447. The average molecular weight is 315 g/mol. The van der Waals surface area contributed by atoms with Crippen LogP contribution in [-0.4, -0.2) is 24.3 Å². The molecule has 6 heteroatoms. The van der Waals surface area contributed by atoms with Gasteiger partial charge in [0.25, 0.3) is 0 Å². The summed E-state index contributed by atoms with van der Waals surface area (Å²) in [5.74, 6) is 0.389. The Morgan fingerprint density at radius 1 is 1.29 bits per heavy atom. The minimum Gasteiger partial charge on any atom is -0.396 e. The third kappa shape index (κ3) is 4.86. The SMILES string of the molecule is O=C(NCC1CCC(CO)CC1)Nc1cc(F)ccc1Cl. The lowest BCUT2D eigenvalue weighted by atomic mass is 9.82. The molecule has 116 valence electrons. The van der Waals surface area contributed by atoms with Gasteiger partial charge in [-0.1, -0.05) is 11.6 Å². The summed E-state index contributed by atoms with van der Waals surface area (Å²) in [5.41, 5.74) is 0.262. The topological polar surface area (TPSA) is 61.4 Å². The lowest BCUT2D eigenvalue weighted by Crippen LogP contribution is -2.34. The van der Waals surface area contributed by atoms with E-state index >= 15 is 0 Å². The van der Waals surface area contributed by atoms with Crippen LogP contribution in [0.5, 0.6) is 0 Å². The van der Waals surface area contributed by atoms with Gasteiger partial charge in [-0.2, -0.15) is 0 Å². The number of hydrogen-bond donors (Lipinski definition) is 3. The van der Waals surface area contributed by atoms with Crippen molar-refractivity contribution in [3.8, 4) is 0 Å². The summed E-state index contributed by atoms with van der Waals surface area (Å²) in [6.07, 6.45) is 4.01. The van der Waals surface area contributed by atoms with E-state index in [-0.39, 0.29) is 18.3 Å². The predicted octanol–water partition coefficient (Wildman–Crippen LogP) is 3.40. The quantitative estimate of drug-likeness (QED) is 0.797. The fourth-order valence-corrected chi connectivity index (χ4v) is 2.78. The molecule has 1 saturated carbocycles. The molecule has 2 amide bonds. The Bertz CT molecular complexity index is 491.